The number of methoxy groups -OCH3 is 1. The molecule has 0 heterocycles. The van der Waals surface area contributed by atoms with E-state index in [1.54, 1.807) is 0 Å². The summed E-state index contributed by atoms with van der Waals surface area (Å²) in [7, 11) is 1.35. The molecule has 2 atom stereocenters. The number of azide groups is 1. The van der Waals surface area contributed by atoms with Crippen molar-refractivity contribution in [3.8, 4) is 0 Å². The molecule has 0 amide bonds. The maximum atomic E-state index is 11.2. The molecule has 0 aromatic heterocycles. The van der Waals surface area contributed by atoms with Crippen molar-refractivity contribution in [2.45, 2.75) is 19.4 Å². The smallest absolute Gasteiger partial charge is 0.305 e. The Hall–Kier alpha value is -2.00. The summed E-state index contributed by atoms with van der Waals surface area (Å²) in [5, 5.41) is 3.75. The highest BCUT2D eigenvalue weighted by molar-refractivity contribution is 5.69. The third kappa shape index (κ3) is 3.81. The molecule has 0 unspecified atom stereocenters. The first kappa shape index (κ1) is 13.1. The Morgan fingerprint density at radius 2 is 2.12 bits per heavy atom. The van der Waals surface area contributed by atoms with Crippen molar-refractivity contribution >= 4 is 5.97 Å². The van der Waals surface area contributed by atoms with Gasteiger partial charge in [0.25, 0.3) is 0 Å². The second-order valence-corrected chi connectivity index (χ2v) is 3.82. The molecule has 0 spiro atoms. The summed E-state index contributed by atoms with van der Waals surface area (Å²) in [5.74, 6) is -0.396. The molecule has 90 valence electrons. The Morgan fingerprint density at radius 3 is 2.65 bits per heavy atom. The molecule has 0 aliphatic heterocycles. The number of benzene rings is 1. The average Bonchev–Trinajstić information content (AvgIpc) is 2.36. The van der Waals surface area contributed by atoms with Gasteiger partial charge in [-0.1, -0.05) is 42.4 Å². The topological polar surface area (TPSA) is 75.1 Å². The third-order valence-electron chi connectivity index (χ3n) is 2.57. The van der Waals surface area contributed by atoms with Gasteiger partial charge >= 0.3 is 5.97 Å². The first-order valence-corrected chi connectivity index (χ1v) is 5.35. The van der Waals surface area contributed by atoms with E-state index in [-0.39, 0.29) is 24.3 Å². The molecule has 0 bridgehead atoms. The number of carbonyl (C=O) groups excluding carboxylic acids is 1. The molecule has 0 N–H and O–H groups in total. The molecule has 5 nitrogen and oxygen atoms in total. The van der Waals surface area contributed by atoms with Gasteiger partial charge in [0, 0.05) is 11.3 Å². The molecule has 17 heavy (non-hydrogen) atoms. The van der Waals surface area contributed by atoms with Gasteiger partial charge in [0.05, 0.1) is 13.2 Å². The maximum absolute atomic E-state index is 11.2. The van der Waals surface area contributed by atoms with E-state index >= 15 is 0 Å². The van der Waals surface area contributed by atoms with E-state index in [9.17, 15) is 4.79 Å². The molecule has 1 aromatic carbocycles. The Kier molecular flexibility index (Phi) is 5.04. The normalized spacial score (nSPS) is 13.3. The van der Waals surface area contributed by atoms with Crippen LogP contribution in [0.1, 0.15) is 24.9 Å². The Balaban J connectivity index is 2.86. The van der Waals surface area contributed by atoms with E-state index in [0.717, 1.165) is 5.56 Å². The van der Waals surface area contributed by atoms with Crippen molar-refractivity contribution < 1.29 is 9.53 Å². The van der Waals surface area contributed by atoms with Gasteiger partial charge in [-0.05, 0) is 17.0 Å². The van der Waals surface area contributed by atoms with Gasteiger partial charge in [-0.2, -0.15) is 0 Å². The monoisotopic (exact) mass is 233 g/mol. The van der Waals surface area contributed by atoms with Crippen molar-refractivity contribution in [3.05, 3.63) is 46.3 Å². The van der Waals surface area contributed by atoms with Crippen molar-refractivity contribution in [1.82, 2.24) is 0 Å². The summed E-state index contributed by atoms with van der Waals surface area (Å²) in [6.07, 6.45) is 0.231. The highest BCUT2D eigenvalue weighted by atomic mass is 16.5. The second kappa shape index (κ2) is 6.55. The van der Waals surface area contributed by atoms with E-state index in [2.05, 4.69) is 14.8 Å². The minimum absolute atomic E-state index is 0.0965. The highest BCUT2D eigenvalue weighted by Gasteiger charge is 2.20. The summed E-state index contributed by atoms with van der Waals surface area (Å²) in [4.78, 5) is 14.0. The fraction of sp³-hybridized carbons (Fsp3) is 0.417. The molecule has 1 rings (SSSR count). The van der Waals surface area contributed by atoms with Crippen molar-refractivity contribution in [2.24, 2.45) is 11.0 Å². The highest BCUT2D eigenvalue weighted by Crippen LogP contribution is 2.28. The number of esters is 1. The number of hydrogen-bond donors (Lipinski definition) is 0. The molecule has 0 saturated heterocycles. The zero-order chi connectivity index (χ0) is 12.7. The van der Waals surface area contributed by atoms with Crippen LogP contribution in [0.25, 0.3) is 10.4 Å². The van der Waals surface area contributed by atoms with Gasteiger partial charge in [0.1, 0.15) is 0 Å². The SMILES string of the molecule is COC(=O)C[C@@H](C)[C@@H](N=[N+]=[N-])c1ccccc1. The predicted molar refractivity (Wildman–Crippen MR) is 64.1 cm³/mol. The van der Waals surface area contributed by atoms with E-state index < -0.39 is 0 Å². The van der Waals surface area contributed by atoms with Crippen LogP contribution in [0.15, 0.2) is 35.4 Å². The summed E-state index contributed by atoms with van der Waals surface area (Å²) in [6.45, 7) is 1.86. The van der Waals surface area contributed by atoms with Crippen LogP contribution in [-0.4, -0.2) is 13.1 Å². The molecule has 5 heteroatoms. The quantitative estimate of drug-likeness (QED) is 0.339. The fourth-order valence-corrected chi connectivity index (χ4v) is 1.67. The minimum Gasteiger partial charge on any atom is -0.469 e. The Bertz CT molecular complexity index is 413. The Morgan fingerprint density at radius 1 is 1.47 bits per heavy atom. The number of rotatable bonds is 5. The standard InChI is InChI=1S/C12H15N3O2/c1-9(8-11(16)17-2)12(14-15-13)10-6-4-3-5-7-10/h3-7,9,12H,8H2,1-2H3/t9-,12-/m1/s1. The largest absolute Gasteiger partial charge is 0.469 e. The van der Waals surface area contributed by atoms with Gasteiger partial charge < -0.3 is 4.74 Å². The molecule has 0 saturated carbocycles. The zero-order valence-corrected chi connectivity index (χ0v) is 9.91. The van der Waals surface area contributed by atoms with Crippen LogP contribution in [0.4, 0.5) is 0 Å². The lowest BCUT2D eigenvalue weighted by molar-refractivity contribution is -0.141. The lowest BCUT2D eigenvalue weighted by Gasteiger charge is -2.18. The average molecular weight is 233 g/mol. The van der Waals surface area contributed by atoms with Gasteiger partial charge in [0.2, 0.25) is 0 Å². The van der Waals surface area contributed by atoms with Crippen LogP contribution in [-0.2, 0) is 9.53 Å². The first-order valence-electron chi connectivity index (χ1n) is 5.35. The maximum Gasteiger partial charge on any atom is 0.305 e. The third-order valence-corrected chi connectivity index (χ3v) is 2.57. The van der Waals surface area contributed by atoms with Crippen molar-refractivity contribution in [1.29, 1.82) is 0 Å². The van der Waals surface area contributed by atoms with Crippen molar-refractivity contribution in [2.75, 3.05) is 7.11 Å². The van der Waals surface area contributed by atoms with Crippen LogP contribution in [0, 0.1) is 5.92 Å². The molecule has 0 aliphatic rings. The van der Waals surface area contributed by atoms with Gasteiger partial charge in [-0.25, -0.2) is 0 Å². The lowest BCUT2D eigenvalue weighted by atomic mass is 9.93. The van der Waals surface area contributed by atoms with Crippen LogP contribution in [0.2, 0.25) is 0 Å². The second-order valence-electron chi connectivity index (χ2n) is 3.82. The van der Waals surface area contributed by atoms with Crippen LogP contribution in [0.3, 0.4) is 0 Å². The number of carbonyl (C=O) groups is 1. The molecule has 1 aromatic rings. The molecule has 0 fully saturated rings. The molecular formula is C12H15N3O2. The first-order chi connectivity index (χ1) is 8.19. The summed E-state index contributed by atoms with van der Waals surface area (Å²) in [6, 6.07) is 9.06. The number of hydrogen-bond acceptors (Lipinski definition) is 3. The van der Waals surface area contributed by atoms with E-state index in [1.807, 2.05) is 37.3 Å². The molecular weight excluding hydrogens is 218 g/mol. The van der Waals surface area contributed by atoms with Crippen LogP contribution < -0.4 is 0 Å². The van der Waals surface area contributed by atoms with Gasteiger partial charge in [-0.15, -0.1) is 0 Å². The van der Waals surface area contributed by atoms with Crippen LogP contribution >= 0.6 is 0 Å². The zero-order valence-electron chi connectivity index (χ0n) is 9.91. The van der Waals surface area contributed by atoms with Gasteiger partial charge in [-0.3, -0.25) is 4.79 Å². The number of nitrogens with zero attached hydrogens (tertiary/aromatic N) is 3. The van der Waals surface area contributed by atoms with E-state index in [0.29, 0.717) is 0 Å². The fourth-order valence-electron chi connectivity index (χ4n) is 1.67. The van der Waals surface area contributed by atoms with E-state index in [4.69, 9.17) is 5.53 Å². The molecule has 0 radical (unpaired) electrons. The summed E-state index contributed by atoms with van der Waals surface area (Å²) in [5.41, 5.74) is 9.48. The lowest BCUT2D eigenvalue weighted by Crippen LogP contribution is -2.13. The summed E-state index contributed by atoms with van der Waals surface area (Å²) < 4.78 is 4.61. The number of ether oxygens (including phenoxy) is 1. The van der Waals surface area contributed by atoms with Crippen molar-refractivity contribution in [3.63, 3.8) is 0 Å². The minimum atomic E-state index is -0.347. The Labute approximate surface area is 100 Å². The van der Waals surface area contributed by atoms with Gasteiger partial charge in [0.15, 0.2) is 0 Å². The summed E-state index contributed by atoms with van der Waals surface area (Å²) >= 11 is 0. The predicted octanol–water partition coefficient (Wildman–Crippen LogP) is 3.24. The van der Waals surface area contributed by atoms with Crippen LogP contribution in [0.5, 0.6) is 0 Å². The van der Waals surface area contributed by atoms with E-state index in [1.165, 1.54) is 7.11 Å². The molecule has 0 aliphatic carbocycles.